The van der Waals surface area contributed by atoms with Crippen LogP contribution in [0.3, 0.4) is 0 Å². The van der Waals surface area contributed by atoms with Crippen molar-refractivity contribution in [3.63, 3.8) is 0 Å². The molecular weight excluding hydrogens is 218 g/mol. The molecule has 0 aliphatic heterocycles. The second kappa shape index (κ2) is 4.93. The summed E-state index contributed by atoms with van der Waals surface area (Å²) in [6, 6.07) is 4.92. The maximum Gasteiger partial charge on any atom is 0.320 e. The van der Waals surface area contributed by atoms with Gasteiger partial charge in [0.15, 0.2) is 0 Å². The summed E-state index contributed by atoms with van der Waals surface area (Å²) < 4.78 is 0. The molecular formula is C12H13N3O2. The molecule has 0 spiro atoms. The molecule has 17 heavy (non-hydrogen) atoms. The molecule has 1 aliphatic carbocycles. The Morgan fingerprint density at radius 1 is 1.71 bits per heavy atom. The molecule has 0 bridgehead atoms. The lowest BCUT2D eigenvalue weighted by atomic mass is 10.1. The van der Waals surface area contributed by atoms with Crippen LogP contribution in [0.2, 0.25) is 0 Å². The first-order valence-electron chi connectivity index (χ1n) is 5.52. The van der Waals surface area contributed by atoms with Crippen LogP contribution in [0.1, 0.15) is 24.1 Å². The summed E-state index contributed by atoms with van der Waals surface area (Å²) in [7, 11) is 0. The highest BCUT2D eigenvalue weighted by Gasteiger charge is 2.35. The first-order chi connectivity index (χ1) is 8.20. The van der Waals surface area contributed by atoms with Gasteiger partial charge in [-0.1, -0.05) is 0 Å². The predicted molar refractivity (Wildman–Crippen MR) is 59.9 cm³/mol. The third-order valence-electron chi connectivity index (χ3n) is 2.82. The summed E-state index contributed by atoms with van der Waals surface area (Å²) >= 11 is 0. The van der Waals surface area contributed by atoms with Crippen LogP contribution in [0.5, 0.6) is 0 Å². The Kier molecular flexibility index (Phi) is 3.35. The molecule has 1 aliphatic rings. The van der Waals surface area contributed by atoms with Gasteiger partial charge in [0.25, 0.3) is 0 Å². The van der Waals surface area contributed by atoms with Crippen molar-refractivity contribution in [2.45, 2.75) is 25.4 Å². The van der Waals surface area contributed by atoms with Gasteiger partial charge in [0, 0.05) is 12.7 Å². The van der Waals surface area contributed by atoms with Crippen LogP contribution in [0.15, 0.2) is 18.3 Å². The Bertz CT molecular complexity index is 463. The van der Waals surface area contributed by atoms with Crippen molar-refractivity contribution in [1.82, 2.24) is 10.3 Å². The zero-order valence-corrected chi connectivity index (χ0v) is 9.26. The molecule has 1 aromatic rings. The molecule has 1 fully saturated rings. The molecule has 1 unspecified atom stereocenters. The van der Waals surface area contributed by atoms with Crippen LogP contribution in [-0.2, 0) is 11.3 Å². The molecule has 0 amide bonds. The van der Waals surface area contributed by atoms with Gasteiger partial charge >= 0.3 is 5.97 Å². The van der Waals surface area contributed by atoms with E-state index in [0.717, 1.165) is 18.4 Å². The van der Waals surface area contributed by atoms with E-state index in [1.165, 1.54) is 0 Å². The van der Waals surface area contributed by atoms with Crippen LogP contribution in [0, 0.1) is 17.2 Å². The number of pyridine rings is 1. The number of nitriles is 1. The second-order valence-electron chi connectivity index (χ2n) is 4.20. The molecule has 1 heterocycles. The average Bonchev–Trinajstić information content (AvgIpc) is 3.13. The smallest absolute Gasteiger partial charge is 0.320 e. The molecule has 0 radical (unpaired) electrons. The highest BCUT2D eigenvalue weighted by Crippen LogP contribution is 2.32. The van der Waals surface area contributed by atoms with E-state index >= 15 is 0 Å². The normalized spacial score (nSPS) is 16.2. The van der Waals surface area contributed by atoms with Gasteiger partial charge in [-0.25, -0.2) is 4.98 Å². The van der Waals surface area contributed by atoms with Crippen molar-refractivity contribution in [3.8, 4) is 6.07 Å². The SMILES string of the molecule is N#Cc1cc(CNC(C(=O)O)C2CC2)ccn1. The summed E-state index contributed by atoms with van der Waals surface area (Å²) in [6.45, 7) is 0.449. The summed E-state index contributed by atoms with van der Waals surface area (Å²) in [5.74, 6) is -0.549. The van der Waals surface area contributed by atoms with Crippen LogP contribution in [-0.4, -0.2) is 22.1 Å². The topological polar surface area (TPSA) is 86.0 Å². The molecule has 1 aromatic heterocycles. The molecule has 0 saturated heterocycles. The van der Waals surface area contributed by atoms with Gasteiger partial charge in [0.05, 0.1) is 0 Å². The third-order valence-corrected chi connectivity index (χ3v) is 2.82. The Balaban J connectivity index is 1.96. The monoisotopic (exact) mass is 231 g/mol. The average molecular weight is 231 g/mol. The minimum absolute atomic E-state index is 0.254. The number of nitrogens with one attached hydrogen (secondary N) is 1. The van der Waals surface area contributed by atoms with E-state index in [4.69, 9.17) is 10.4 Å². The van der Waals surface area contributed by atoms with Crippen molar-refractivity contribution in [2.75, 3.05) is 0 Å². The zero-order chi connectivity index (χ0) is 12.3. The van der Waals surface area contributed by atoms with Crippen LogP contribution in [0.25, 0.3) is 0 Å². The van der Waals surface area contributed by atoms with E-state index in [1.807, 2.05) is 6.07 Å². The number of hydrogen-bond acceptors (Lipinski definition) is 4. The Labute approximate surface area is 99.1 Å². The number of nitrogens with zero attached hydrogens (tertiary/aromatic N) is 2. The van der Waals surface area contributed by atoms with E-state index in [2.05, 4.69) is 10.3 Å². The summed E-state index contributed by atoms with van der Waals surface area (Å²) in [5.41, 5.74) is 1.23. The van der Waals surface area contributed by atoms with Crippen LogP contribution >= 0.6 is 0 Å². The molecule has 1 saturated carbocycles. The molecule has 5 heteroatoms. The van der Waals surface area contributed by atoms with Crippen molar-refractivity contribution in [3.05, 3.63) is 29.6 Å². The van der Waals surface area contributed by atoms with Gasteiger partial charge in [0.1, 0.15) is 17.8 Å². The number of hydrogen-bond donors (Lipinski definition) is 2. The minimum Gasteiger partial charge on any atom is -0.480 e. The fourth-order valence-corrected chi connectivity index (χ4v) is 1.76. The molecule has 2 N–H and O–H groups in total. The minimum atomic E-state index is -0.804. The molecule has 88 valence electrons. The van der Waals surface area contributed by atoms with Crippen molar-refractivity contribution >= 4 is 5.97 Å². The predicted octanol–water partition coefficient (Wildman–Crippen LogP) is 0.906. The Morgan fingerprint density at radius 2 is 2.47 bits per heavy atom. The number of aliphatic carboxylic acids is 1. The fraction of sp³-hybridized carbons (Fsp3) is 0.417. The number of carboxylic acids is 1. The Morgan fingerprint density at radius 3 is 3.06 bits per heavy atom. The van der Waals surface area contributed by atoms with Gasteiger partial charge in [-0.3, -0.25) is 4.79 Å². The van der Waals surface area contributed by atoms with Gasteiger partial charge < -0.3 is 10.4 Å². The highest BCUT2D eigenvalue weighted by atomic mass is 16.4. The van der Waals surface area contributed by atoms with E-state index < -0.39 is 12.0 Å². The molecule has 5 nitrogen and oxygen atoms in total. The number of carbonyl (C=O) groups is 1. The second-order valence-corrected chi connectivity index (χ2v) is 4.20. The molecule has 0 aromatic carbocycles. The van der Waals surface area contributed by atoms with E-state index in [9.17, 15) is 4.79 Å². The molecule has 1 atom stereocenters. The quantitative estimate of drug-likeness (QED) is 0.786. The van der Waals surface area contributed by atoms with Crippen molar-refractivity contribution in [1.29, 1.82) is 5.26 Å². The van der Waals surface area contributed by atoms with Crippen LogP contribution in [0.4, 0.5) is 0 Å². The van der Waals surface area contributed by atoms with Gasteiger partial charge in [0.2, 0.25) is 0 Å². The maximum absolute atomic E-state index is 11.0. The lowest BCUT2D eigenvalue weighted by Gasteiger charge is -2.13. The largest absolute Gasteiger partial charge is 0.480 e. The van der Waals surface area contributed by atoms with Gasteiger partial charge in [-0.15, -0.1) is 0 Å². The van der Waals surface area contributed by atoms with E-state index in [0.29, 0.717) is 12.2 Å². The lowest BCUT2D eigenvalue weighted by molar-refractivity contribution is -0.140. The first-order valence-corrected chi connectivity index (χ1v) is 5.52. The maximum atomic E-state index is 11.0. The van der Waals surface area contributed by atoms with E-state index in [1.54, 1.807) is 18.3 Å². The zero-order valence-electron chi connectivity index (χ0n) is 9.26. The van der Waals surface area contributed by atoms with Crippen molar-refractivity contribution in [2.24, 2.45) is 5.92 Å². The van der Waals surface area contributed by atoms with Crippen LogP contribution < -0.4 is 5.32 Å². The van der Waals surface area contributed by atoms with E-state index in [-0.39, 0.29) is 5.92 Å². The number of carboxylic acid groups (broad SMARTS) is 1. The van der Waals surface area contributed by atoms with Gasteiger partial charge in [-0.2, -0.15) is 5.26 Å². The first kappa shape index (κ1) is 11.6. The lowest BCUT2D eigenvalue weighted by Crippen LogP contribution is -2.38. The summed E-state index contributed by atoms with van der Waals surface area (Å²) in [5, 5.41) is 20.7. The van der Waals surface area contributed by atoms with Gasteiger partial charge in [-0.05, 0) is 36.5 Å². The number of rotatable bonds is 5. The fourth-order valence-electron chi connectivity index (χ4n) is 1.76. The summed E-state index contributed by atoms with van der Waals surface area (Å²) in [6.07, 6.45) is 3.51. The molecule has 2 rings (SSSR count). The Hall–Kier alpha value is -1.93. The van der Waals surface area contributed by atoms with Crippen molar-refractivity contribution < 1.29 is 9.90 Å². The summed E-state index contributed by atoms with van der Waals surface area (Å²) in [4.78, 5) is 14.9. The third kappa shape index (κ3) is 3.02. The standard InChI is InChI=1S/C12H13N3O2/c13-6-10-5-8(3-4-14-10)7-15-11(12(16)17)9-1-2-9/h3-5,9,11,15H,1-2,7H2,(H,16,17). The number of aromatic nitrogens is 1. The highest BCUT2D eigenvalue weighted by molar-refractivity contribution is 5.74.